The van der Waals surface area contributed by atoms with Crippen LogP contribution in [0.2, 0.25) is 0 Å². The monoisotopic (exact) mass is 502 g/mol. The molecule has 0 saturated heterocycles. The first kappa shape index (κ1) is 39.9. The normalized spacial score (nSPS) is 9.47. The Labute approximate surface area is 209 Å². The molecule has 0 aromatic heterocycles. The molecule has 0 aliphatic heterocycles. The van der Waals surface area contributed by atoms with E-state index in [-0.39, 0.29) is 49.6 Å². The number of rotatable bonds is 19. The van der Waals surface area contributed by atoms with Gasteiger partial charge in [-0.05, 0) is 64.0 Å². The average Bonchev–Trinajstić information content (AvgIpc) is 2.66. The first-order chi connectivity index (χ1) is 12.9. The zero-order chi connectivity index (χ0) is 19.0. The van der Waals surface area contributed by atoms with E-state index in [1.165, 1.54) is 38.5 Å². The third kappa shape index (κ3) is 38.1. The zero-order valence-corrected chi connectivity index (χ0v) is 21.4. The molecule has 178 valence electrons. The van der Waals surface area contributed by atoms with Gasteiger partial charge in [0.2, 0.25) is 0 Å². The molecular weight excluding hydrogens is 462 g/mol. The minimum absolute atomic E-state index is 0. The largest absolute Gasteiger partial charge is 0.317 e. The summed E-state index contributed by atoms with van der Waals surface area (Å²) in [5, 5.41) is 6.97. The molecule has 8 heteroatoms. The third-order valence-electron chi connectivity index (χ3n) is 3.83. The highest BCUT2D eigenvalue weighted by molar-refractivity contribution is 5.86. The molecule has 0 aliphatic carbocycles. The summed E-state index contributed by atoms with van der Waals surface area (Å²) >= 11 is 0. The summed E-state index contributed by atoms with van der Waals surface area (Å²) in [5.74, 6) is 0. The second-order valence-corrected chi connectivity index (χ2v) is 6.18. The molecule has 0 fully saturated rings. The second-order valence-electron chi connectivity index (χ2n) is 6.18. The molecule has 0 radical (unpaired) electrons. The highest BCUT2D eigenvalue weighted by Gasteiger charge is 1.93. The highest BCUT2D eigenvalue weighted by atomic mass is 35.5. The first-order valence-corrected chi connectivity index (χ1v) is 10.0. The van der Waals surface area contributed by atoms with Gasteiger partial charge in [0.1, 0.15) is 0 Å². The summed E-state index contributed by atoms with van der Waals surface area (Å²) in [6.07, 6.45) is 17.1. The van der Waals surface area contributed by atoms with Crippen LogP contribution in [-0.2, 0) is 0 Å². The maximum Gasteiger partial charge on any atom is 0.0401 e. The number of aliphatic imine (C=N–C) groups is 2. The Kier molecular flexibility index (Phi) is 51.8. The van der Waals surface area contributed by atoms with Gasteiger partial charge >= 0.3 is 0 Å². The van der Waals surface area contributed by atoms with Crippen molar-refractivity contribution in [2.45, 2.75) is 51.4 Å². The van der Waals surface area contributed by atoms with Crippen molar-refractivity contribution in [3.8, 4) is 0 Å². The molecule has 4 nitrogen and oxygen atoms in total. The van der Waals surface area contributed by atoms with E-state index in [9.17, 15) is 0 Å². The van der Waals surface area contributed by atoms with E-state index in [0.29, 0.717) is 0 Å². The molecule has 0 rings (SSSR count). The van der Waals surface area contributed by atoms with E-state index in [0.717, 1.165) is 52.1 Å². The third-order valence-corrected chi connectivity index (χ3v) is 3.83. The summed E-state index contributed by atoms with van der Waals surface area (Å²) < 4.78 is 0. The molecule has 0 aromatic carbocycles. The van der Waals surface area contributed by atoms with Crippen LogP contribution in [0, 0.1) is 0 Å². The fourth-order valence-electron chi connectivity index (χ4n) is 2.41. The molecule has 0 spiro atoms. The second kappa shape index (κ2) is 39.0. The maximum absolute atomic E-state index is 4.24. The lowest BCUT2D eigenvalue weighted by Crippen LogP contribution is -2.17. The predicted octanol–water partition coefficient (Wildman–Crippen LogP) is 5.80. The molecule has 0 amide bonds. The number of nitrogens with zero attached hydrogens (tertiary/aromatic N) is 2. The van der Waals surface area contributed by atoms with Crippen LogP contribution in [-0.4, -0.2) is 51.7 Å². The Hall–Kier alpha value is -0.540. The molecule has 0 heterocycles. The topological polar surface area (TPSA) is 48.8 Å². The predicted molar refractivity (Wildman–Crippen MR) is 146 cm³/mol. The van der Waals surface area contributed by atoms with Crippen LogP contribution in [0.3, 0.4) is 0 Å². The van der Waals surface area contributed by atoms with Crippen LogP contribution in [0.25, 0.3) is 0 Å². The SMILES string of the molecule is C=C=CC=NCCCNCCCCCCCCNCCCN=CC=C=C.Cl.Cl.Cl.Cl. The smallest absolute Gasteiger partial charge is 0.0401 e. The van der Waals surface area contributed by atoms with Gasteiger partial charge < -0.3 is 10.6 Å². The average molecular weight is 504 g/mol. The number of hydrogen-bond acceptors (Lipinski definition) is 4. The summed E-state index contributed by atoms with van der Waals surface area (Å²) in [6.45, 7) is 13.1. The van der Waals surface area contributed by atoms with Crippen LogP contribution >= 0.6 is 49.6 Å². The number of nitrogens with one attached hydrogen (secondary N) is 2. The van der Waals surface area contributed by atoms with Gasteiger partial charge in [0.15, 0.2) is 0 Å². The first-order valence-electron chi connectivity index (χ1n) is 10.0. The van der Waals surface area contributed by atoms with E-state index in [4.69, 9.17) is 0 Å². The van der Waals surface area contributed by atoms with E-state index < -0.39 is 0 Å². The van der Waals surface area contributed by atoms with Gasteiger partial charge in [-0.2, -0.15) is 0 Å². The summed E-state index contributed by atoms with van der Waals surface area (Å²) in [4.78, 5) is 8.47. The summed E-state index contributed by atoms with van der Waals surface area (Å²) in [5.41, 5.74) is 5.36. The van der Waals surface area contributed by atoms with E-state index in [2.05, 4.69) is 45.2 Å². The summed E-state index contributed by atoms with van der Waals surface area (Å²) in [6, 6.07) is 0. The standard InChI is InChI=1S/C22H38N4.4ClH/c1-3-5-15-23-19-13-21-25-17-11-9-7-8-10-12-18-26-22-14-20-24-16-6-4-2;;;;/h5-6,15-16,25-26H,1-2,7-14,17-22H2;4*1H. The Morgan fingerprint density at radius 2 is 0.867 bits per heavy atom. The van der Waals surface area contributed by atoms with Crippen LogP contribution in [0.15, 0.2) is 46.8 Å². The van der Waals surface area contributed by atoms with E-state index >= 15 is 0 Å². The summed E-state index contributed by atoms with van der Waals surface area (Å²) in [7, 11) is 0. The van der Waals surface area contributed by atoms with Gasteiger partial charge in [0.25, 0.3) is 0 Å². The lowest BCUT2D eigenvalue weighted by Gasteiger charge is -2.05. The van der Waals surface area contributed by atoms with E-state index in [1.807, 2.05) is 0 Å². The van der Waals surface area contributed by atoms with Crippen molar-refractivity contribution < 1.29 is 0 Å². The van der Waals surface area contributed by atoms with Crippen LogP contribution in [0.1, 0.15) is 51.4 Å². The minimum Gasteiger partial charge on any atom is -0.317 e. The molecule has 0 unspecified atom stereocenters. The van der Waals surface area contributed by atoms with Crippen LogP contribution in [0.5, 0.6) is 0 Å². The number of halogens is 4. The quantitative estimate of drug-likeness (QED) is 0.133. The maximum atomic E-state index is 4.24. The number of allylic oxidation sites excluding steroid dienone is 2. The Balaban J connectivity index is -0.000000521. The van der Waals surface area contributed by atoms with Crippen molar-refractivity contribution in [1.82, 2.24) is 10.6 Å². The van der Waals surface area contributed by atoms with Gasteiger partial charge in [-0.3, -0.25) is 9.98 Å². The van der Waals surface area contributed by atoms with Gasteiger partial charge in [0.05, 0.1) is 0 Å². The van der Waals surface area contributed by atoms with Gasteiger partial charge in [-0.25, -0.2) is 0 Å². The van der Waals surface area contributed by atoms with Crippen molar-refractivity contribution in [3.63, 3.8) is 0 Å². The fraction of sp³-hybridized carbons (Fsp3) is 0.636. The molecule has 0 aromatic rings. The van der Waals surface area contributed by atoms with Crippen molar-refractivity contribution in [1.29, 1.82) is 0 Å². The van der Waals surface area contributed by atoms with Gasteiger partial charge in [-0.1, -0.05) is 38.8 Å². The van der Waals surface area contributed by atoms with Gasteiger partial charge in [0, 0.05) is 25.5 Å². The molecule has 0 atom stereocenters. The van der Waals surface area contributed by atoms with Crippen molar-refractivity contribution in [3.05, 3.63) is 36.8 Å². The number of hydrogen-bond donors (Lipinski definition) is 2. The van der Waals surface area contributed by atoms with Crippen molar-refractivity contribution in [2.24, 2.45) is 9.98 Å². The van der Waals surface area contributed by atoms with Crippen LogP contribution in [0.4, 0.5) is 0 Å². The lowest BCUT2D eigenvalue weighted by molar-refractivity contribution is 0.545. The Morgan fingerprint density at radius 3 is 1.23 bits per heavy atom. The van der Waals surface area contributed by atoms with Crippen molar-refractivity contribution >= 4 is 62.1 Å². The minimum atomic E-state index is 0. The molecule has 30 heavy (non-hydrogen) atoms. The van der Waals surface area contributed by atoms with Gasteiger partial charge in [-0.15, -0.1) is 61.1 Å². The Bertz CT molecular complexity index is 416. The fourth-order valence-corrected chi connectivity index (χ4v) is 2.41. The zero-order valence-electron chi connectivity index (χ0n) is 18.2. The molecule has 0 bridgehead atoms. The van der Waals surface area contributed by atoms with Crippen molar-refractivity contribution in [2.75, 3.05) is 39.3 Å². The number of unbranched alkanes of at least 4 members (excludes halogenated alkanes) is 5. The Morgan fingerprint density at radius 1 is 0.533 bits per heavy atom. The molecule has 0 aliphatic rings. The molecule has 2 N–H and O–H groups in total. The molecule has 0 saturated carbocycles. The highest BCUT2D eigenvalue weighted by Crippen LogP contribution is 2.04. The molecular formula is C22H42Cl4N4. The van der Waals surface area contributed by atoms with E-state index in [1.54, 1.807) is 24.6 Å². The lowest BCUT2D eigenvalue weighted by atomic mass is 10.1. The van der Waals surface area contributed by atoms with Crippen LogP contribution < -0.4 is 10.6 Å².